The van der Waals surface area contributed by atoms with Crippen LogP contribution >= 0.6 is 0 Å². The molecule has 2 aromatic rings. The van der Waals surface area contributed by atoms with Crippen molar-refractivity contribution in [1.29, 1.82) is 0 Å². The zero-order valence-corrected chi connectivity index (χ0v) is 9.37. The summed E-state index contributed by atoms with van der Waals surface area (Å²) in [6, 6.07) is 6.75. The smallest absolute Gasteiger partial charge is 0.258 e. The van der Waals surface area contributed by atoms with E-state index in [1.165, 1.54) is 4.90 Å². The number of hydrogen-bond acceptors (Lipinski definition) is 4. The first-order valence-electron chi connectivity index (χ1n) is 5.08. The monoisotopic (exact) mass is 228 g/mol. The number of aromatic nitrogens is 2. The van der Waals surface area contributed by atoms with Crippen LogP contribution in [0.15, 0.2) is 42.9 Å². The van der Waals surface area contributed by atoms with Gasteiger partial charge in [0.1, 0.15) is 5.82 Å². The summed E-state index contributed by atoms with van der Waals surface area (Å²) >= 11 is 0. The number of nitrogens with zero attached hydrogens (tertiary/aromatic N) is 3. The fourth-order valence-electron chi connectivity index (χ4n) is 1.40. The van der Waals surface area contributed by atoms with Crippen LogP contribution in [0.5, 0.6) is 0 Å². The summed E-state index contributed by atoms with van der Waals surface area (Å²) in [5.41, 5.74) is 6.77. The van der Waals surface area contributed by atoms with E-state index in [1.807, 2.05) is 0 Å². The first-order chi connectivity index (χ1) is 8.18. The third-order valence-corrected chi connectivity index (χ3v) is 2.39. The van der Waals surface area contributed by atoms with Crippen molar-refractivity contribution in [2.75, 3.05) is 17.7 Å². The minimum atomic E-state index is -0.112. The Balaban J connectivity index is 2.23. The van der Waals surface area contributed by atoms with Crippen LogP contribution in [0.2, 0.25) is 0 Å². The topological polar surface area (TPSA) is 72.1 Å². The van der Waals surface area contributed by atoms with E-state index >= 15 is 0 Å². The summed E-state index contributed by atoms with van der Waals surface area (Å²) < 4.78 is 0. The largest absolute Gasteiger partial charge is 0.384 e. The quantitative estimate of drug-likeness (QED) is 0.841. The van der Waals surface area contributed by atoms with Crippen LogP contribution in [-0.4, -0.2) is 22.9 Å². The van der Waals surface area contributed by atoms with Crippen molar-refractivity contribution in [3.63, 3.8) is 0 Å². The van der Waals surface area contributed by atoms with Gasteiger partial charge in [0, 0.05) is 25.0 Å². The zero-order chi connectivity index (χ0) is 12.3. The standard InChI is InChI=1S/C12H12N4O/c1-16(10-2-3-11(13)15-8-10)12(17)9-4-6-14-7-5-9/h2-8H,1H3,(H2,13,15). The number of amides is 1. The van der Waals surface area contributed by atoms with E-state index in [1.54, 1.807) is 49.9 Å². The molecule has 0 aliphatic rings. The molecule has 0 radical (unpaired) electrons. The molecule has 2 N–H and O–H groups in total. The lowest BCUT2D eigenvalue weighted by molar-refractivity contribution is 0.0993. The molecule has 0 spiro atoms. The predicted octanol–water partition coefficient (Wildman–Crippen LogP) is 1.34. The molecule has 0 fully saturated rings. The lowest BCUT2D eigenvalue weighted by Crippen LogP contribution is -2.26. The number of carbonyl (C=O) groups is 1. The summed E-state index contributed by atoms with van der Waals surface area (Å²) in [5, 5.41) is 0. The Kier molecular flexibility index (Phi) is 3.00. The van der Waals surface area contributed by atoms with Crippen molar-refractivity contribution in [3.05, 3.63) is 48.4 Å². The summed E-state index contributed by atoms with van der Waals surface area (Å²) in [6.07, 6.45) is 4.74. The lowest BCUT2D eigenvalue weighted by atomic mass is 10.2. The lowest BCUT2D eigenvalue weighted by Gasteiger charge is -2.16. The van der Waals surface area contributed by atoms with E-state index in [-0.39, 0.29) is 5.91 Å². The fourth-order valence-corrected chi connectivity index (χ4v) is 1.40. The second kappa shape index (κ2) is 4.61. The molecule has 2 aromatic heterocycles. The average Bonchev–Trinajstić information content (AvgIpc) is 2.39. The van der Waals surface area contributed by atoms with Crippen LogP contribution in [0.3, 0.4) is 0 Å². The van der Waals surface area contributed by atoms with Crippen LogP contribution in [0.1, 0.15) is 10.4 Å². The molecule has 2 rings (SSSR count). The molecule has 0 aliphatic carbocycles. The van der Waals surface area contributed by atoms with Crippen molar-refractivity contribution in [3.8, 4) is 0 Å². The predicted molar refractivity (Wildman–Crippen MR) is 65.6 cm³/mol. The molecule has 1 amide bonds. The second-order valence-corrected chi connectivity index (χ2v) is 3.54. The highest BCUT2D eigenvalue weighted by molar-refractivity contribution is 6.05. The maximum absolute atomic E-state index is 12.1. The van der Waals surface area contributed by atoms with Crippen molar-refractivity contribution < 1.29 is 4.79 Å². The normalized spacial score (nSPS) is 9.94. The summed E-state index contributed by atoms with van der Waals surface area (Å²) in [4.78, 5) is 21.4. The van der Waals surface area contributed by atoms with Crippen LogP contribution in [0.25, 0.3) is 0 Å². The van der Waals surface area contributed by atoms with Gasteiger partial charge < -0.3 is 10.6 Å². The summed E-state index contributed by atoms with van der Waals surface area (Å²) in [5.74, 6) is 0.317. The molecule has 0 aliphatic heterocycles. The van der Waals surface area contributed by atoms with E-state index in [9.17, 15) is 4.79 Å². The number of rotatable bonds is 2. The van der Waals surface area contributed by atoms with E-state index in [0.29, 0.717) is 17.1 Å². The van der Waals surface area contributed by atoms with Crippen molar-refractivity contribution in [2.45, 2.75) is 0 Å². The molecule has 0 saturated heterocycles. The number of carbonyl (C=O) groups excluding carboxylic acids is 1. The molecular weight excluding hydrogens is 216 g/mol. The Morgan fingerprint density at radius 3 is 2.53 bits per heavy atom. The van der Waals surface area contributed by atoms with Gasteiger partial charge in [0.25, 0.3) is 5.91 Å². The SMILES string of the molecule is CN(C(=O)c1ccncc1)c1ccc(N)nc1. The molecule has 5 heteroatoms. The minimum Gasteiger partial charge on any atom is -0.384 e. The number of anilines is 2. The van der Waals surface area contributed by atoms with Gasteiger partial charge in [0.05, 0.1) is 11.9 Å². The van der Waals surface area contributed by atoms with Crippen molar-refractivity contribution >= 4 is 17.4 Å². The van der Waals surface area contributed by atoms with E-state index in [0.717, 1.165) is 0 Å². The van der Waals surface area contributed by atoms with Gasteiger partial charge in [-0.1, -0.05) is 0 Å². The summed E-state index contributed by atoms with van der Waals surface area (Å²) in [7, 11) is 1.69. The third-order valence-electron chi connectivity index (χ3n) is 2.39. The molecule has 86 valence electrons. The van der Waals surface area contributed by atoms with Gasteiger partial charge in [-0.3, -0.25) is 9.78 Å². The van der Waals surface area contributed by atoms with Gasteiger partial charge in [-0.2, -0.15) is 0 Å². The minimum absolute atomic E-state index is 0.112. The number of nitrogens with two attached hydrogens (primary N) is 1. The molecule has 2 heterocycles. The first kappa shape index (κ1) is 11.1. The van der Waals surface area contributed by atoms with Gasteiger partial charge >= 0.3 is 0 Å². The number of pyridine rings is 2. The molecule has 5 nitrogen and oxygen atoms in total. The summed E-state index contributed by atoms with van der Waals surface area (Å²) in [6.45, 7) is 0. The fraction of sp³-hybridized carbons (Fsp3) is 0.0833. The van der Waals surface area contributed by atoms with Crippen LogP contribution in [-0.2, 0) is 0 Å². The Bertz CT molecular complexity index is 510. The molecule has 0 aromatic carbocycles. The Labute approximate surface area is 98.9 Å². The molecule has 0 bridgehead atoms. The maximum atomic E-state index is 12.1. The van der Waals surface area contributed by atoms with E-state index < -0.39 is 0 Å². The third kappa shape index (κ3) is 2.39. The zero-order valence-electron chi connectivity index (χ0n) is 9.37. The molecule has 0 unspecified atom stereocenters. The highest BCUT2D eigenvalue weighted by Crippen LogP contribution is 2.14. The molecule has 17 heavy (non-hydrogen) atoms. The van der Waals surface area contributed by atoms with Crippen LogP contribution < -0.4 is 10.6 Å². The van der Waals surface area contributed by atoms with Gasteiger partial charge in [-0.05, 0) is 24.3 Å². The Morgan fingerprint density at radius 2 is 1.94 bits per heavy atom. The van der Waals surface area contributed by atoms with E-state index in [2.05, 4.69) is 9.97 Å². The highest BCUT2D eigenvalue weighted by atomic mass is 16.2. The Morgan fingerprint density at radius 1 is 1.24 bits per heavy atom. The van der Waals surface area contributed by atoms with Crippen LogP contribution in [0, 0.1) is 0 Å². The molecule has 0 saturated carbocycles. The van der Waals surface area contributed by atoms with Crippen molar-refractivity contribution in [2.24, 2.45) is 0 Å². The van der Waals surface area contributed by atoms with Gasteiger partial charge in [-0.25, -0.2) is 4.98 Å². The van der Waals surface area contributed by atoms with Gasteiger partial charge in [-0.15, -0.1) is 0 Å². The first-order valence-corrected chi connectivity index (χ1v) is 5.08. The van der Waals surface area contributed by atoms with Crippen molar-refractivity contribution in [1.82, 2.24) is 9.97 Å². The van der Waals surface area contributed by atoms with Gasteiger partial charge in [0.2, 0.25) is 0 Å². The van der Waals surface area contributed by atoms with E-state index in [4.69, 9.17) is 5.73 Å². The van der Waals surface area contributed by atoms with Crippen LogP contribution in [0.4, 0.5) is 11.5 Å². The van der Waals surface area contributed by atoms with Gasteiger partial charge in [0.15, 0.2) is 0 Å². The highest BCUT2D eigenvalue weighted by Gasteiger charge is 2.12. The average molecular weight is 228 g/mol. The molecule has 0 atom stereocenters. The molecular formula is C12H12N4O. The number of hydrogen-bond donors (Lipinski definition) is 1. The number of nitrogen functional groups attached to an aromatic ring is 1. The second-order valence-electron chi connectivity index (χ2n) is 3.54. The maximum Gasteiger partial charge on any atom is 0.258 e. The Hall–Kier alpha value is -2.43.